The molecule has 1 unspecified atom stereocenters. The second kappa shape index (κ2) is 4.40. The van der Waals surface area contributed by atoms with Gasteiger partial charge in [0.2, 0.25) is 17.1 Å². The van der Waals surface area contributed by atoms with Crippen molar-refractivity contribution in [1.82, 2.24) is 15.3 Å². The lowest BCUT2D eigenvalue weighted by atomic mass is 9.81. The van der Waals surface area contributed by atoms with E-state index < -0.39 is 5.41 Å². The van der Waals surface area contributed by atoms with Gasteiger partial charge in [-0.3, -0.25) is 14.5 Å². The second-order valence-corrected chi connectivity index (χ2v) is 6.24. The Morgan fingerprint density at radius 1 is 1.33 bits per heavy atom. The predicted molar refractivity (Wildman–Crippen MR) is 76.1 cm³/mol. The van der Waals surface area contributed by atoms with Crippen LogP contribution in [-0.4, -0.2) is 34.4 Å². The average molecular weight is 307 g/mol. The lowest BCUT2D eigenvalue weighted by molar-refractivity contribution is -0.133. The summed E-state index contributed by atoms with van der Waals surface area (Å²) in [5, 5.41) is 2.89. The molecule has 1 aliphatic carbocycles. The van der Waals surface area contributed by atoms with E-state index in [0.29, 0.717) is 24.3 Å². The summed E-state index contributed by atoms with van der Waals surface area (Å²) in [6.45, 7) is 0.505. The van der Waals surface area contributed by atoms with Gasteiger partial charge in [-0.15, -0.1) is 0 Å². The fraction of sp³-hybridized carbons (Fsp3) is 0.571. The highest BCUT2D eigenvalue weighted by Crippen LogP contribution is 2.47. The van der Waals surface area contributed by atoms with Crippen molar-refractivity contribution in [2.24, 2.45) is 0 Å². The molecule has 1 saturated heterocycles. The number of carbonyl (C=O) groups is 2. The fourth-order valence-electron chi connectivity index (χ4n) is 3.84. The van der Waals surface area contributed by atoms with E-state index >= 15 is 0 Å². The highest BCUT2D eigenvalue weighted by Gasteiger charge is 2.60. The van der Waals surface area contributed by atoms with Crippen molar-refractivity contribution in [3.8, 4) is 0 Å². The molecule has 7 heteroatoms. The molecular formula is C14H15ClN4O2. The van der Waals surface area contributed by atoms with Crippen molar-refractivity contribution in [3.05, 3.63) is 17.0 Å². The molecule has 2 fully saturated rings. The molecule has 1 saturated carbocycles. The molecule has 3 aliphatic rings. The molecule has 2 amide bonds. The molecule has 6 nitrogen and oxygen atoms in total. The van der Waals surface area contributed by atoms with Gasteiger partial charge in [0.1, 0.15) is 5.82 Å². The third-order valence-corrected chi connectivity index (χ3v) is 5.06. The molecular weight excluding hydrogens is 292 g/mol. The first kappa shape index (κ1) is 13.0. The Labute approximate surface area is 126 Å². The molecule has 0 aromatic carbocycles. The van der Waals surface area contributed by atoms with E-state index in [9.17, 15) is 9.59 Å². The first-order valence-electron chi connectivity index (χ1n) is 7.29. The maximum Gasteiger partial charge on any atom is 0.248 e. The fourth-order valence-corrected chi connectivity index (χ4v) is 3.97. The molecule has 4 rings (SSSR count). The molecule has 1 aromatic heterocycles. The van der Waals surface area contributed by atoms with E-state index in [1.807, 2.05) is 0 Å². The van der Waals surface area contributed by atoms with Crippen LogP contribution in [0.3, 0.4) is 0 Å². The number of nitrogens with one attached hydrogen (secondary N) is 1. The van der Waals surface area contributed by atoms with Crippen LogP contribution in [-0.2, 0) is 15.0 Å². The maximum absolute atomic E-state index is 13.0. The average Bonchev–Trinajstić information content (AvgIpc) is 3.14. The van der Waals surface area contributed by atoms with E-state index in [1.54, 1.807) is 11.1 Å². The smallest absolute Gasteiger partial charge is 0.248 e. The number of nitrogens with zero attached hydrogens (tertiary/aromatic N) is 3. The molecule has 1 N–H and O–H groups in total. The lowest BCUT2D eigenvalue weighted by Crippen LogP contribution is -2.48. The van der Waals surface area contributed by atoms with Crippen molar-refractivity contribution in [1.29, 1.82) is 0 Å². The van der Waals surface area contributed by atoms with Crippen LogP contribution in [0.1, 0.15) is 37.7 Å². The van der Waals surface area contributed by atoms with Crippen LogP contribution in [0.25, 0.3) is 0 Å². The van der Waals surface area contributed by atoms with Gasteiger partial charge in [0, 0.05) is 24.3 Å². The second-order valence-electron chi connectivity index (χ2n) is 5.90. The Morgan fingerprint density at radius 3 is 2.76 bits per heavy atom. The number of amides is 2. The quantitative estimate of drug-likeness (QED) is 0.624. The normalized spacial score (nSPS) is 28.5. The van der Waals surface area contributed by atoms with E-state index in [0.717, 1.165) is 25.7 Å². The number of halogens is 1. The summed E-state index contributed by atoms with van der Waals surface area (Å²) in [6.07, 6.45) is 6.10. The molecule has 21 heavy (non-hydrogen) atoms. The Morgan fingerprint density at radius 2 is 2.10 bits per heavy atom. The summed E-state index contributed by atoms with van der Waals surface area (Å²) in [4.78, 5) is 35.4. The number of carbonyl (C=O) groups excluding carboxylic acids is 2. The highest BCUT2D eigenvalue weighted by atomic mass is 35.5. The summed E-state index contributed by atoms with van der Waals surface area (Å²) >= 11 is 5.91. The van der Waals surface area contributed by atoms with Crippen molar-refractivity contribution in [2.75, 3.05) is 11.4 Å². The number of fused-ring (bicyclic) bond motifs is 2. The van der Waals surface area contributed by atoms with Crippen LogP contribution in [0.15, 0.2) is 6.20 Å². The molecule has 2 aliphatic heterocycles. The van der Waals surface area contributed by atoms with E-state index in [-0.39, 0.29) is 23.1 Å². The summed E-state index contributed by atoms with van der Waals surface area (Å²) in [5.41, 5.74) is -0.526. The summed E-state index contributed by atoms with van der Waals surface area (Å²) < 4.78 is 0. The predicted octanol–water partition coefficient (Wildman–Crippen LogP) is 1.18. The standard InChI is InChI=1S/C14H15ClN4O2/c15-13-17-7-9-10(18-13)19(8-3-1-2-4-8)12(21)14(9)5-6-16-11(14)20/h7-8H,1-6H2,(H,16,20). The molecule has 0 radical (unpaired) electrons. The number of hydrogen-bond donors (Lipinski definition) is 1. The van der Waals surface area contributed by atoms with Crippen LogP contribution in [0, 0.1) is 0 Å². The van der Waals surface area contributed by atoms with Gasteiger partial charge < -0.3 is 5.32 Å². The van der Waals surface area contributed by atoms with Gasteiger partial charge in [-0.05, 0) is 30.9 Å². The third-order valence-electron chi connectivity index (χ3n) is 4.87. The SMILES string of the molecule is O=C1NCCC12C(=O)N(C1CCCC1)c1nc(Cl)ncc12. The Hall–Kier alpha value is -1.69. The monoisotopic (exact) mass is 306 g/mol. The molecule has 1 atom stereocenters. The highest BCUT2D eigenvalue weighted by molar-refractivity contribution is 6.29. The topological polar surface area (TPSA) is 75.2 Å². The molecule has 0 bridgehead atoms. The molecule has 1 aromatic rings. The van der Waals surface area contributed by atoms with E-state index in [4.69, 9.17) is 11.6 Å². The number of anilines is 1. The Balaban J connectivity index is 1.90. The molecule has 110 valence electrons. The summed E-state index contributed by atoms with van der Waals surface area (Å²) in [7, 11) is 0. The number of hydrogen-bond acceptors (Lipinski definition) is 4. The lowest BCUT2D eigenvalue weighted by Gasteiger charge is -2.25. The van der Waals surface area contributed by atoms with Gasteiger partial charge in [0.25, 0.3) is 0 Å². The van der Waals surface area contributed by atoms with Gasteiger partial charge in [-0.1, -0.05) is 12.8 Å². The molecule has 3 heterocycles. The Bertz CT molecular complexity index is 644. The molecule has 1 spiro atoms. The zero-order valence-corrected chi connectivity index (χ0v) is 12.2. The first-order chi connectivity index (χ1) is 10.1. The zero-order chi connectivity index (χ0) is 14.6. The Kier molecular flexibility index (Phi) is 2.73. The van der Waals surface area contributed by atoms with E-state index in [2.05, 4.69) is 15.3 Å². The van der Waals surface area contributed by atoms with E-state index in [1.165, 1.54) is 0 Å². The van der Waals surface area contributed by atoms with Crippen LogP contribution in [0.4, 0.5) is 5.82 Å². The summed E-state index contributed by atoms with van der Waals surface area (Å²) in [6, 6.07) is 0.120. The van der Waals surface area contributed by atoms with Gasteiger partial charge in [-0.25, -0.2) is 4.98 Å². The number of rotatable bonds is 1. The first-order valence-corrected chi connectivity index (χ1v) is 7.67. The van der Waals surface area contributed by atoms with Gasteiger partial charge in [-0.2, -0.15) is 4.98 Å². The van der Waals surface area contributed by atoms with Gasteiger partial charge in [0.15, 0.2) is 5.41 Å². The van der Waals surface area contributed by atoms with Crippen LogP contribution in [0.2, 0.25) is 5.28 Å². The van der Waals surface area contributed by atoms with Crippen molar-refractivity contribution in [3.63, 3.8) is 0 Å². The third kappa shape index (κ3) is 1.59. The minimum atomic E-state index is -1.14. The number of aromatic nitrogens is 2. The minimum Gasteiger partial charge on any atom is -0.355 e. The van der Waals surface area contributed by atoms with Crippen molar-refractivity contribution < 1.29 is 9.59 Å². The van der Waals surface area contributed by atoms with Crippen molar-refractivity contribution >= 4 is 29.2 Å². The van der Waals surface area contributed by atoms with Gasteiger partial charge in [0.05, 0.1) is 0 Å². The van der Waals surface area contributed by atoms with Crippen LogP contribution < -0.4 is 10.2 Å². The maximum atomic E-state index is 13.0. The zero-order valence-electron chi connectivity index (χ0n) is 11.4. The largest absolute Gasteiger partial charge is 0.355 e. The van der Waals surface area contributed by atoms with Crippen molar-refractivity contribution in [2.45, 2.75) is 43.6 Å². The summed E-state index contributed by atoms with van der Waals surface area (Å²) in [5.74, 6) is 0.139. The van der Waals surface area contributed by atoms with Crippen LogP contribution in [0.5, 0.6) is 0 Å². The van der Waals surface area contributed by atoms with Gasteiger partial charge >= 0.3 is 0 Å². The minimum absolute atomic E-state index is 0.111. The van der Waals surface area contributed by atoms with Crippen LogP contribution >= 0.6 is 11.6 Å².